The quantitative estimate of drug-likeness (QED) is 0.419. The number of nitrogens with one attached hydrogen (secondary N) is 1. The molecule has 0 aliphatic rings. The number of hydrogen-bond donors (Lipinski definition) is 1. The minimum Gasteiger partial charge on any atom is -0.258 e. The molecule has 0 aliphatic carbocycles. The molecule has 9 heteroatoms. The van der Waals surface area contributed by atoms with Gasteiger partial charge < -0.3 is 0 Å². The molecule has 0 heterocycles. The summed E-state index contributed by atoms with van der Waals surface area (Å²) < 4.78 is 26.6. The highest BCUT2D eigenvalue weighted by molar-refractivity contribution is 7.98. The van der Waals surface area contributed by atoms with Crippen LogP contribution in [0.3, 0.4) is 0 Å². The summed E-state index contributed by atoms with van der Waals surface area (Å²) in [6.45, 7) is 0.287. The van der Waals surface area contributed by atoms with Gasteiger partial charge in [0.25, 0.3) is 5.69 Å². The van der Waals surface area contributed by atoms with E-state index in [1.165, 1.54) is 12.1 Å². The summed E-state index contributed by atoms with van der Waals surface area (Å²) in [5.74, 6) is 1.05. The van der Waals surface area contributed by atoms with Gasteiger partial charge in [-0.1, -0.05) is 18.0 Å². The van der Waals surface area contributed by atoms with Crippen LogP contribution in [0.25, 0.3) is 0 Å². The molecule has 0 atom stereocenters. The van der Waals surface area contributed by atoms with Gasteiger partial charge in [0.2, 0.25) is 10.0 Å². The van der Waals surface area contributed by atoms with Crippen LogP contribution in [0, 0.1) is 10.1 Å². The predicted octanol–water partition coefficient (Wildman–Crippen LogP) is 3.06. The molecule has 0 bridgehead atoms. The standard InChI is InChI=1S/C12H17ClN2O4S2/c1-20-8-4-2-3-7-14-21(18,19)12-9-10(15(16)17)5-6-11(12)13/h5-6,9,14H,2-4,7-8H2,1H3. The average Bonchev–Trinajstić information content (AvgIpc) is 2.42. The summed E-state index contributed by atoms with van der Waals surface area (Å²) in [6, 6.07) is 3.36. The van der Waals surface area contributed by atoms with Crippen molar-refractivity contribution >= 4 is 39.1 Å². The van der Waals surface area contributed by atoms with Crippen molar-refractivity contribution in [3.63, 3.8) is 0 Å². The number of rotatable bonds is 9. The first-order valence-electron chi connectivity index (χ1n) is 6.31. The van der Waals surface area contributed by atoms with Crippen molar-refractivity contribution in [1.82, 2.24) is 4.72 Å². The number of nitrogens with zero attached hydrogens (tertiary/aromatic N) is 1. The van der Waals surface area contributed by atoms with Crippen molar-refractivity contribution in [1.29, 1.82) is 0 Å². The lowest BCUT2D eigenvalue weighted by molar-refractivity contribution is -0.385. The Morgan fingerprint density at radius 1 is 1.33 bits per heavy atom. The van der Waals surface area contributed by atoms with E-state index in [1.54, 1.807) is 11.8 Å². The SMILES string of the molecule is CSCCCCCNS(=O)(=O)c1cc([N+](=O)[O-])ccc1Cl. The second-order valence-electron chi connectivity index (χ2n) is 4.32. The molecule has 1 rings (SSSR count). The number of nitro benzene ring substituents is 1. The number of nitro groups is 1. The highest BCUT2D eigenvalue weighted by atomic mass is 35.5. The highest BCUT2D eigenvalue weighted by Crippen LogP contribution is 2.25. The highest BCUT2D eigenvalue weighted by Gasteiger charge is 2.20. The maximum atomic E-state index is 12.1. The van der Waals surface area contributed by atoms with E-state index in [9.17, 15) is 18.5 Å². The largest absolute Gasteiger partial charge is 0.270 e. The number of non-ortho nitro benzene ring substituents is 1. The molecule has 0 spiro atoms. The monoisotopic (exact) mass is 352 g/mol. The molecular weight excluding hydrogens is 336 g/mol. The van der Waals surface area contributed by atoms with Crippen LogP contribution in [0.5, 0.6) is 0 Å². The molecule has 1 aromatic carbocycles. The Morgan fingerprint density at radius 2 is 2.05 bits per heavy atom. The number of halogens is 1. The van der Waals surface area contributed by atoms with Gasteiger partial charge in [0.15, 0.2) is 0 Å². The molecule has 0 unspecified atom stereocenters. The molecule has 1 aromatic rings. The van der Waals surface area contributed by atoms with Crippen LogP contribution >= 0.6 is 23.4 Å². The zero-order valence-corrected chi connectivity index (χ0v) is 13.9. The van der Waals surface area contributed by atoms with Gasteiger partial charge in [-0.25, -0.2) is 13.1 Å². The van der Waals surface area contributed by atoms with E-state index < -0.39 is 14.9 Å². The van der Waals surface area contributed by atoms with E-state index >= 15 is 0 Å². The Bertz CT molecular complexity index is 593. The molecule has 0 saturated carbocycles. The molecular formula is C12H17ClN2O4S2. The number of thioether (sulfide) groups is 1. The fourth-order valence-corrected chi connectivity index (χ4v) is 3.73. The van der Waals surface area contributed by atoms with E-state index in [4.69, 9.17) is 11.6 Å². The maximum Gasteiger partial charge on any atom is 0.270 e. The molecule has 1 N–H and O–H groups in total. The lowest BCUT2D eigenvalue weighted by Crippen LogP contribution is -2.25. The lowest BCUT2D eigenvalue weighted by Gasteiger charge is -2.08. The molecule has 0 aromatic heterocycles. The van der Waals surface area contributed by atoms with Crippen LogP contribution in [0.4, 0.5) is 5.69 Å². The van der Waals surface area contributed by atoms with Crippen LogP contribution in [0.2, 0.25) is 5.02 Å². The lowest BCUT2D eigenvalue weighted by atomic mass is 10.2. The Kier molecular flexibility index (Phi) is 7.44. The van der Waals surface area contributed by atoms with Gasteiger partial charge in [0, 0.05) is 18.7 Å². The molecule has 0 fully saturated rings. The number of benzene rings is 1. The summed E-state index contributed by atoms with van der Waals surface area (Å²) >= 11 is 7.57. The zero-order chi connectivity index (χ0) is 15.9. The fourth-order valence-electron chi connectivity index (χ4n) is 1.64. The Balaban J connectivity index is 2.70. The molecule has 0 aliphatic heterocycles. The van der Waals surface area contributed by atoms with Gasteiger partial charge in [-0.05, 0) is 30.9 Å². The van der Waals surface area contributed by atoms with E-state index in [0.29, 0.717) is 6.42 Å². The Morgan fingerprint density at radius 3 is 2.67 bits per heavy atom. The second-order valence-corrected chi connectivity index (χ2v) is 7.45. The van der Waals surface area contributed by atoms with Crippen molar-refractivity contribution in [3.05, 3.63) is 33.3 Å². The molecule has 6 nitrogen and oxygen atoms in total. The van der Waals surface area contributed by atoms with Gasteiger partial charge in [-0.2, -0.15) is 11.8 Å². The van der Waals surface area contributed by atoms with E-state index in [1.807, 2.05) is 6.26 Å². The van der Waals surface area contributed by atoms with Crippen LogP contribution in [-0.4, -0.2) is 31.9 Å². The minimum absolute atomic E-state index is 0.0320. The van der Waals surface area contributed by atoms with Gasteiger partial charge >= 0.3 is 0 Å². The fraction of sp³-hybridized carbons (Fsp3) is 0.500. The van der Waals surface area contributed by atoms with Crippen LogP contribution in [0.1, 0.15) is 19.3 Å². The summed E-state index contributed by atoms with van der Waals surface area (Å²) in [5, 5.41) is 10.7. The van der Waals surface area contributed by atoms with Crippen LogP contribution in [-0.2, 0) is 10.0 Å². The first-order valence-corrected chi connectivity index (χ1v) is 9.56. The van der Waals surface area contributed by atoms with Crippen LogP contribution in [0.15, 0.2) is 23.1 Å². The van der Waals surface area contributed by atoms with Crippen molar-refractivity contribution < 1.29 is 13.3 Å². The molecule has 118 valence electrons. The third-order valence-electron chi connectivity index (χ3n) is 2.73. The molecule has 0 amide bonds. The van der Waals surface area contributed by atoms with Gasteiger partial charge in [-0.15, -0.1) is 0 Å². The smallest absolute Gasteiger partial charge is 0.258 e. The van der Waals surface area contributed by atoms with E-state index in [2.05, 4.69) is 4.72 Å². The third kappa shape index (κ3) is 5.82. The van der Waals surface area contributed by atoms with Crippen molar-refractivity contribution in [2.75, 3.05) is 18.6 Å². The summed E-state index contributed by atoms with van der Waals surface area (Å²) in [4.78, 5) is 9.78. The molecule has 21 heavy (non-hydrogen) atoms. The summed E-state index contributed by atoms with van der Waals surface area (Å²) in [7, 11) is -3.83. The van der Waals surface area contributed by atoms with Gasteiger partial charge in [0.1, 0.15) is 4.90 Å². The van der Waals surface area contributed by atoms with E-state index in [-0.39, 0.29) is 22.2 Å². The molecule has 0 saturated heterocycles. The van der Waals surface area contributed by atoms with Crippen molar-refractivity contribution in [2.45, 2.75) is 24.2 Å². The first-order chi connectivity index (χ1) is 9.88. The number of unbranched alkanes of at least 4 members (excludes halogenated alkanes) is 2. The minimum atomic E-state index is -3.83. The number of hydrogen-bond acceptors (Lipinski definition) is 5. The topological polar surface area (TPSA) is 89.3 Å². The third-order valence-corrected chi connectivity index (χ3v) is 5.37. The second kappa shape index (κ2) is 8.57. The average molecular weight is 353 g/mol. The van der Waals surface area contributed by atoms with Gasteiger partial charge in [0.05, 0.1) is 9.95 Å². The Hall–Kier alpha value is -0.830. The maximum absolute atomic E-state index is 12.1. The zero-order valence-electron chi connectivity index (χ0n) is 11.5. The Labute approximate surface area is 133 Å². The van der Waals surface area contributed by atoms with Crippen molar-refractivity contribution in [2.24, 2.45) is 0 Å². The summed E-state index contributed by atoms with van der Waals surface area (Å²) in [6.07, 6.45) is 4.69. The van der Waals surface area contributed by atoms with Gasteiger partial charge in [-0.3, -0.25) is 10.1 Å². The number of sulfonamides is 1. The van der Waals surface area contributed by atoms with E-state index in [0.717, 1.165) is 24.7 Å². The van der Waals surface area contributed by atoms with Crippen LogP contribution < -0.4 is 4.72 Å². The summed E-state index contributed by atoms with van der Waals surface area (Å²) in [5.41, 5.74) is -0.306. The normalized spacial score (nSPS) is 11.5. The predicted molar refractivity (Wildman–Crippen MR) is 85.5 cm³/mol. The molecule has 0 radical (unpaired) electrons. The van der Waals surface area contributed by atoms with Crippen molar-refractivity contribution in [3.8, 4) is 0 Å². The first kappa shape index (κ1) is 18.2.